The molecule has 1 aliphatic rings. The van der Waals surface area contributed by atoms with E-state index in [1.165, 1.54) is 11.3 Å². The van der Waals surface area contributed by atoms with Crippen molar-refractivity contribution in [3.8, 4) is 22.0 Å². The van der Waals surface area contributed by atoms with Crippen LogP contribution in [0.2, 0.25) is 0 Å². The van der Waals surface area contributed by atoms with Crippen molar-refractivity contribution < 1.29 is 9.21 Å². The van der Waals surface area contributed by atoms with Gasteiger partial charge in [-0.3, -0.25) is 4.79 Å². The standard InChI is InChI=1S/C26H24N6O2S/c1-31-16-13-27-23(31)22-21(17-7-3-2-4-8-17)29-25(35-22)30-24(33)18-11-14-32(15-12-18)26-28-19-9-5-6-10-20(19)34-26/h2-10,13,16,18H,11-12,14-15H2,1H3,(H,29,30,33). The van der Waals surface area contributed by atoms with Crippen LogP contribution in [-0.2, 0) is 11.8 Å². The summed E-state index contributed by atoms with van der Waals surface area (Å²) in [5.41, 5.74) is 3.45. The number of benzene rings is 2. The van der Waals surface area contributed by atoms with E-state index in [1.807, 2.05) is 72.4 Å². The lowest BCUT2D eigenvalue weighted by Gasteiger charge is -2.29. The summed E-state index contributed by atoms with van der Waals surface area (Å²) in [6.45, 7) is 1.44. The fourth-order valence-electron chi connectivity index (χ4n) is 4.44. The third-order valence-electron chi connectivity index (χ3n) is 6.35. The number of oxazole rings is 1. The van der Waals surface area contributed by atoms with E-state index in [0.29, 0.717) is 11.1 Å². The van der Waals surface area contributed by atoms with Crippen molar-refractivity contribution in [1.29, 1.82) is 0 Å². The second kappa shape index (κ2) is 8.99. The molecule has 0 aliphatic carbocycles. The number of piperidine rings is 1. The average molecular weight is 485 g/mol. The second-order valence-electron chi connectivity index (χ2n) is 8.64. The molecule has 0 radical (unpaired) electrons. The number of nitrogens with one attached hydrogen (secondary N) is 1. The molecular weight excluding hydrogens is 460 g/mol. The number of hydrogen-bond acceptors (Lipinski definition) is 7. The smallest absolute Gasteiger partial charge is 0.298 e. The lowest BCUT2D eigenvalue weighted by atomic mass is 9.96. The molecular formula is C26H24N6O2S. The molecule has 5 aromatic rings. The van der Waals surface area contributed by atoms with Crippen LogP contribution in [0.4, 0.5) is 11.1 Å². The predicted molar refractivity (Wildman–Crippen MR) is 137 cm³/mol. The van der Waals surface area contributed by atoms with E-state index in [1.54, 1.807) is 6.20 Å². The highest BCUT2D eigenvalue weighted by Crippen LogP contribution is 2.38. The predicted octanol–water partition coefficient (Wildman–Crippen LogP) is 5.21. The number of thiazole rings is 1. The van der Waals surface area contributed by atoms with Gasteiger partial charge in [0.1, 0.15) is 5.52 Å². The van der Waals surface area contributed by atoms with Gasteiger partial charge >= 0.3 is 0 Å². The Morgan fingerprint density at radius 2 is 1.83 bits per heavy atom. The monoisotopic (exact) mass is 484 g/mol. The first-order valence-corrected chi connectivity index (χ1v) is 12.4. The Bertz CT molecular complexity index is 1450. The molecule has 1 aliphatic heterocycles. The van der Waals surface area contributed by atoms with Gasteiger partial charge in [0.2, 0.25) is 5.91 Å². The SMILES string of the molecule is Cn1ccnc1-c1sc(NC(=O)C2CCN(c3nc4ccccc4o3)CC2)nc1-c1ccccc1. The van der Waals surface area contributed by atoms with Gasteiger partial charge in [-0.2, -0.15) is 4.98 Å². The number of aromatic nitrogens is 4. The summed E-state index contributed by atoms with van der Waals surface area (Å²) >= 11 is 1.46. The minimum atomic E-state index is -0.0867. The number of carbonyl (C=O) groups is 1. The number of aryl methyl sites for hydroxylation is 1. The average Bonchev–Trinajstić information content (AvgIpc) is 3.62. The van der Waals surface area contributed by atoms with Crippen LogP contribution < -0.4 is 10.2 Å². The van der Waals surface area contributed by atoms with Crippen LogP contribution in [0.5, 0.6) is 0 Å². The maximum atomic E-state index is 13.1. The first kappa shape index (κ1) is 21.5. The van der Waals surface area contributed by atoms with Gasteiger partial charge in [-0.1, -0.05) is 53.8 Å². The van der Waals surface area contributed by atoms with Gasteiger partial charge < -0.3 is 19.2 Å². The van der Waals surface area contributed by atoms with Crippen LogP contribution >= 0.6 is 11.3 Å². The summed E-state index contributed by atoms with van der Waals surface area (Å²) in [5, 5.41) is 3.66. The number of carbonyl (C=O) groups excluding carboxylic acids is 1. The summed E-state index contributed by atoms with van der Waals surface area (Å²) in [6, 6.07) is 18.4. The Balaban J connectivity index is 1.17. The van der Waals surface area contributed by atoms with E-state index in [2.05, 4.69) is 20.2 Å². The molecule has 2 aromatic carbocycles. The Morgan fingerprint density at radius 3 is 2.57 bits per heavy atom. The molecule has 176 valence electrons. The highest BCUT2D eigenvalue weighted by atomic mass is 32.1. The third-order valence-corrected chi connectivity index (χ3v) is 7.31. The summed E-state index contributed by atoms with van der Waals surface area (Å²) in [4.78, 5) is 30.1. The van der Waals surface area contributed by atoms with Gasteiger partial charge in [0.05, 0.1) is 10.6 Å². The normalized spacial score (nSPS) is 14.5. The van der Waals surface area contributed by atoms with Gasteiger partial charge in [-0.25, -0.2) is 9.97 Å². The van der Waals surface area contributed by atoms with Crippen molar-refractivity contribution in [2.45, 2.75) is 12.8 Å². The lowest BCUT2D eigenvalue weighted by Crippen LogP contribution is -2.38. The van der Waals surface area contributed by atoms with E-state index in [-0.39, 0.29) is 11.8 Å². The van der Waals surface area contributed by atoms with Crippen molar-refractivity contribution in [3.05, 3.63) is 67.0 Å². The number of anilines is 2. The molecule has 0 atom stereocenters. The van der Waals surface area contributed by atoms with Crippen molar-refractivity contribution in [3.63, 3.8) is 0 Å². The molecule has 0 unspecified atom stereocenters. The Kier molecular flexibility index (Phi) is 5.54. The maximum Gasteiger partial charge on any atom is 0.298 e. The van der Waals surface area contributed by atoms with Crippen molar-refractivity contribution in [1.82, 2.24) is 19.5 Å². The number of hydrogen-bond donors (Lipinski definition) is 1. The van der Waals surface area contributed by atoms with Crippen LogP contribution in [0.3, 0.4) is 0 Å². The number of rotatable bonds is 5. The first-order valence-electron chi connectivity index (χ1n) is 11.6. The van der Waals surface area contributed by atoms with Gasteiger partial charge in [0.15, 0.2) is 16.5 Å². The summed E-state index contributed by atoms with van der Waals surface area (Å²) < 4.78 is 7.87. The van der Waals surface area contributed by atoms with Crippen LogP contribution in [-0.4, -0.2) is 38.5 Å². The van der Waals surface area contributed by atoms with Crippen molar-refractivity contribution in [2.75, 3.05) is 23.3 Å². The third kappa shape index (κ3) is 4.19. The van der Waals surface area contributed by atoms with Crippen LogP contribution in [0.1, 0.15) is 12.8 Å². The maximum absolute atomic E-state index is 13.1. The van der Waals surface area contributed by atoms with E-state index in [9.17, 15) is 4.79 Å². The van der Waals surface area contributed by atoms with Crippen LogP contribution in [0.25, 0.3) is 33.1 Å². The number of fused-ring (bicyclic) bond motifs is 1. The molecule has 1 amide bonds. The van der Waals surface area contributed by atoms with Gasteiger partial charge in [-0.05, 0) is 25.0 Å². The zero-order chi connectivity index (χ0) is 23.8. The molecule has 9 heteroatoms. The molecule has 8 nitrogen and oxygen atoms in total. The van der Waals surface area contributed by atoms with E-state index >= 15 is 0 Å². The van der Waals surface area contributed by atoms with Crippen molar-refractivity contribution >= 4 is 39.5 Å². The first-order chi connectivity index (χ1) is 17.2. The van der Waals surface area contributed by atoms with Gasteiger partial charge in [-0.15, -0.1) is 0 Å². The topological polar surface area (TPSA) is 89.1 Å². The molecule has 35 heavy (non-hydrogen) atoms. The quantitative estimate of drug-likeness (QED) is 0.369. The largest absolute Gasteiger partial charge is 0.423 e. The van der Waals surface area contributed by atoms with Crippen LogP contribution in [0, 0.1) is 5.92 Å². The Morgan fingerprint density at radius 1 is 1.06 bits per heavy atom. The number of nitrogens with zero attached hydrogens (tertiary/aromatic N) is 5. The lowest BCUT2D eigenvalue weighted by molar-refractivity contribution is -0.120. The number of imidazole rings is 1. The fraction of sp³-hybridized carbons (Fsp3) is 0.231. The number of amides is 1. The zero-order valence-electron chi connectivity index (χ0n) is 19.2. The Hall–Kier alpha value is -3.98. The molecule has 1 N–H and O–H groups in total. The second-order valence-corrected chi connectivity index (χ2v) is 9.64. The zero-order valence-corrected chi connectivity index (χ0v) is 20.0. The molecule has 0 bridgehead atoms. The van der Waals surface area contributed by atoms with E-state index < -0.39 is 0 Å². The minimum absolute atomic E-state index is 0.00182. The molecule has 6 rings (SSSR count). The fourth-order valence-corrected chi connectivity index (χ4v) is 5.47. The van der Waals surface area contributed by atoms with E-state index in [0.717, 1.165) is 59.0 Å². The molecule has 1 fully saturated rings. The Labute approximate surface area is 206 Å². The van der Waals surface area contributed by atoms with Gasteiger partial charge in [0.25, 0.3) is 6.01 Å². The molecule has 4 heterocycles. The summed E-state index contributed by atoms with van der Waals surface area (Å²) in [6.07, 6.45) is 5.14. The minimum Gasteiger partial charge on any atom is -0.423 e. The highest BCUT2D eigenvalue weighted by Gasteiger charge is 2.28. The van der Waals surface area contributed by atoms with Gasteiger partial charge in [0, 0.05) is 44.0 Å². The molecule has 0 saturated carbocycles. The van der Waals surface area contributed by atoms with Crippen molar-refractivity contribution in [2.24, 2.45) is 13.0 Å². The molecule has 0 spiro atoms. The summed E-state index contributed by atoms with van der Waals surface area (Å²) in [5.74, 6) is 0.742. The molecule has 3 aromatic heterocycles. The van der Waals surface area contributed by atoms with Crippen LogP contribution in [0.15, 0.2) is 71.4 Å². The summed E-state index contributed by atoms with van der Waals surface area (Å²) in [7, 11) is 1.96. The van der Waals surface area contributed by atoms with E-state index in [4.69, 9.17) is 9.40 Å². The molecule has 1 saturated heterocycles. The highest BCUT2D eigenvalue weighted by molar-refractivity contribution is 7.19. The number of para-hydroxylation sites is 2.